The maximum Gasteiger partial charge on any atom is 0.180 e. The van der Waals surface area contributed by atoms with Crippen LogP contribution in [-0.4, -0.2) is 18.6 Å². The van der Waals surface area contributed by atoms with Crippen molar-refractivity contribution in [2.75, 3.05) is 19.4 Å². The minimum absolute atomic E-state index is 0. The van der Waals surface area contributed by atoms with E-state index in [2.05, 4.69) is 67.6 Å². The van der Waals surface area contributed by atoms with Gasteiger partial charge in [0.15, 0.2) is 5.13 Å². The van der Waals surface area contributed by atoms with Gasteiger partial charge in [0.1, 0.15) is 5.75 Å². The molecule has 9 heteroatoms. The monoisotopic (exact) mass is 599 g/mol. The molecule has 3 rings (SSSR count). The zero-order valence-electron chi connectivity index (χ0n) is 12.3. The molecule has 4 nitrogen and oxygen atoms in total. The molecule has 0 saturated heterocycles. The van der Waals surface area contributed by atoms with Gasteiger partial charge in [-0.3, -0.25) is 0 Å². The topological polar surface area (TPSA) is 60.2 Å². The van der Waals surface area contributed by atoms with Crippen LogP contribution in [-0.2, 0) is 12.8 Å². The highest BCUT2D eigenvalue weighted by molar-refractivity contribution is 14.1. The predicted octanol–water partition coefficient (Wildman–Crippen LogP) is 4.22. The molecule has 1 aliphatic rings. The van der Waals surface area contributed by atoms with Crippen LogP contribution < -0.4 is 15.8 Å². The third kappa shape index (κ3) is 4.75. The quantitative estimate of drug-likeness (QED) is 0.519. The molecular weight excluding hydrogens is 583 g/mol. The third-order valence-corrected chi connectivity index (χ3v) is 6.16. The Morgan fingerprint density at radius 1 is 1.35 bits per heavy atom. The summed E-state index contributed by atoms with van der Waals surface area (Å²) in [5.74, 6) is 0.958. The smallest absolute Gasteiger partial charge is 0.180 e. The molecule has 0 fully saturated rings. The number of benzene rings is 1. The van der Waals surface area contributed by atoms with Gasteiger partial charge in [-0.25, -0.2) is 4.98 Å². The summed E-state index contributed by atoms with van der Waals surface area (Å²) in [5, 5.41) is 4.26. The van der Waals surface area contributed by atoms with Gasteiger partial charge in [-0.15, -0.1) is 36.2 Å². The van der Waals surface area contributed by atoms with E-state index in [4.69, 9.17) is 10.5 Å². The molecule has 23 heavy (non-hydrogen) atoms. The van der Waals surface area contributed by atoms with Crippen LogP contribution in [0.3, 0.4) is 0 Å². The maximum atomic E-state index is 5.86. The highest BCUT2D eigenvalue weighted by Gasteiger charge is 2.24. The Hall–Kier alpha value is 0.450. The number of halogens is 4. The van der Waals surface area contributed by atoms with E-state index in [1.807, 2.05) is 0 Å². The first-order valence-electron chi connectivity index (χ1n) is 6.59. The fourth-order valence-electron chi connectivity index (χ4n) is 2.62. The SMILES string of the molecule is COc1c(I)cc(CC2NCCc3nc(N)sc32)cc1I.Cl.Cl. The normalized spacial score (nSPS) is 16.0. The molecule has 1 aromatic heterocycles. The van der Waals surface area contributed by atoms with Crippen LogP contribution in [0.5, 0.6) is 5.75 Å². The van der Waals surface area contributed by atoms with Gasteiger partial charge in [0.2, 0.25) is 0 Å². The minimum Gasteiger partial charge on any atom is -0.495 e. The molecule has 1 unspecified atom stereocenters. The highest BCUT2D eigenvalue weighted by atomic mass is 127. The number of thiazole rings is 1. The molecule has 0 bridgehead atoms. The Kier molecular flexibility index (Phi) is 8.63. The van der Waals surface area contributed by atoms with Crippen molar-refractivity contribution in [1.82, 2.24) is 10.3 Å². The standard InChI is InChI=1S/C14H15I2N3OS.2ClH/c1-20-12-8(15)4-7(5-9(12)16)6-11-13-10(2-3-18-11)19-14(17)21-13;;/h4-5,11,18H,2-3,6H2,1H3,(H2,17,19);2*1H. The fraction of sp³-hybridized carbons (Fsp3) is 0.357. The Morgan fingerprint density at radius 2 is 2.00 bits per heavy atom. The fourth-order valence-corrected chi connectivity index (χ4v) is 5.91. The number of anilines is 1. The number of hydrogen-bond donors (Lipinski definition) is 2. The second-order valence-electron chi connectivity index (χ2n) is 4.92. The molecule has 128 valence electrons. The lowest BCUT2D eigenvalue weighted by Gasteiger charge is -2.23. The first kappa shape index (κ1) is 21.5. The lowest BCUT2D eigenvalue weighted by atomic mass is 10.00. The number of nitrogens with one attached hydrogen (secondary N) is 1. The number of methoxy groups -OCH3 is 1. The molecule has 0 spiro atoms. The number of rotatable bonds is 3. The molecule has 0 saturated carbocycles. The van der Waals surface area contributed by atoms with Crippen LogP contribution in [0.1, 0.15) is 22.2 Å². The van der Waals surface area contributed by atoms with Crippen molar-refractivity contribution in [3.8, 4) is 5.75 Å². The van der Waals surface area contributed by atoms with Crippen molar-refractivity contribution in [3.05, 3.63) is 35.4 Å². The number of nitrogen functional groups attached to an aromatic ring is 1. The van der Waals surface area contributed by atoms with E-state index >= 15 is 0 Å². The summed E-state index contributed by atoms with van der Waals surface area (Å²) in [7, 11) is 1.72. The van der Waals surface area contributed by atoms with Crippen LogP contribution in [0, 0.1) is 7.14 Å². The number of ether oxygens (including phenoxy) is 1. The van der Waals surface area contributed by atoms with E-state index in [1.54, 1.807) is 18.4 Å². The molecule has 0 amide bonds. The molecule has 1 atom stereocenters. The minimum atomic E-state index is 0. The molecule has 0 radical (unpaired) electrons. The van der Waals surface area contributed by atoms with Gasteiger partial charge in [0.05, 0.1) is 19.9 Å². The number of aromatic nitrogens is 1. The first-order chi connectivity index (χ1) is 10.1. The Bertz CT molecular complexity index is 661. The van der Waals surface area contributed by atoms with Gasteiger partial charge in [0.25, 0.3) is 0 Å². The van der Waals surface area contributed by atoms with E-state index < -0.39 is 0 Å². The van der Waals surface area contributed by atoms with Crippen molar-refractivity contribution < 1.29 is 4.74 Å². The summed E-state index contributed by atoms with van der Waals surface area (Å²) in [5.41, 5.74) is 8.33. The van der Waals surface area contributed by atoms with Crippen molar-refractivity contribution in [1.29, 1.82) is 0 Å². The van der Waals surface area contributed by atoms with Gasteiger partial charge in [-0.2, -0.15) is 0 Å². The van der Waals surface area contributed by atoms with Gasteiger partial charge in [0, 0.05) is 23.9 Å². The number of fused-ring (bicyclic) bond motifs is 1. The lowest BCUT2D eigenvalue weighted by molar-refractivity contribution is 0.408. The molecular formula is C14H17Cl2I2N3OS. The van der Waals surface area contributed by atoms with Crippen molar-refractivity contribution in [3.63, 3.8) is 0 Å². The van der Waals surface area contributed by atoms with Gasteiger partial charge >= 0.3 is 0 Å². The van der Waals surface area contributed by atoms with Crippen LogP contribution >= 0.6 is 81.3 Å². The second-order valence-corrected chi connectivity index (χ2v) is 8.30. The van der Waals surface area contributed by atoms with Crippen LogP contribution in [0.4, 0.5) is 5.13 Å². The lowest BCUT2D eigenvalue weighted by Crippen LogP contribution is -2.30. The summed E-state index contributed by atoms with van der Waals surface area (Å²) in [6.07, 6.45) is 1.92. The summed E-state index contributed by atoms with van der Waals surface area (Å²) in [4.78, 5) is 5.73. The third-order valence-electron chi connectivity index (χ3n) is 3.52. The molecule has 3 N–H and O–H groups in total. The zero-order valence-corrected chi connectivity index (χ0v) is 19.0. The summed E-state index contributed by atoms with van der Waals surface area (Å²) in [6, 6.07) is 4.70. The Morgan fingerprint density at radius 3 is 2.61 bits per heavy atom. The molecule has 0 aliphatic carbocycles. The predicted molar refractivity (Wildman–Crippen MR) is 118 cm³/mol. The zero-order chi connectivity index (χ0) is 15.0. The first-order valence-corrected chi connectivity index (χ1v) is 9.56. The second kappa shape index (κ2) is 9.23. The van der Waals surface area contributed by atoms with E-state index in [9.17, 15) is 0 Å². The number of nitrogens with zero attached hydrogens (tertiary/aromatic N) is 1. The summed E-state index contributed by atoms with van der Waals surface area (Å²) in [6.45, 7) is 0.963. The van der Waals surface area contributed by atoms with Gasteiger partial charge in [-0.05, 0) is 69.3 Å². The largest absolute Gasteiger partial charge is 0.495 e. The molecule has 1 aromatic carbocycles. The maximum absolute atomic E-state index is 5.86. The van der Waals surface area contributed by atoms with Crippen molar-refractivity contribution in [2.45, 2.75) is 18.9 Å². The molecule has 2 heterocycles. The highest BCUT2D eigenvalue weighted by Crippen LogP contribution is 2.34. The Labute approximate surface area is 179 Å². The van der Waals surface area contributed by atoms with E-state index in [1.165, 1.54) is 16.1 Å². The van der Waals surface area contributed by atoms with Crippen LogP contribution in [0.2, 0.25) is 0 Å². The number of hydrogen-bond acceptors (Lipinski definition) is 5. The van der Waals surface area contributed by atoms with Gasteiger partial charge in [-0.1, -0.05) is 0 Å². The van der Waals surface area contributed by atoms with E-state index in [-0.39, 0.29) is 24.8 Å². The molecule has 1 aliphatic heterocycles. The van der Waals surface area contributed by atoms with Gasteiger partial charge < -0.3 is 15.8 Å². The van der Waals surface area contributed by atoms with Crippen LogP contribution in [0.15, 0.2) is 12.1 Å². The van der Waals surface area contributed by atoms with Crippen molar-refractivity contribution in [2.24, 2.45) is 0 Å². The summed E-state index contributed by atoms with van der Waals surface area (Å²) < 4.78 is 7.72. The average molecular weight is 600 g/mol. The van der Waals surface area contributed by atoms with Crippen LogP contribution in [0.25, 0.3) is 0 Å². The molecule has 2 aromatic rings. The number of nitrogens with two attached hydrogens (primary N) is 1. The Balaban J connectivity index is 0.00000132. The van der Waals surface area contributed by atoms with Crippen molar-refractivity contribution >= 4 is 86.5 Å². The average Bonchev–Trinajstić information content (AvgIpc) is 2.80. The summed E-state index contributed by atoms with van der Waals surface area (Å²) >= 11 is 6.27. The van der Waals surface area contributed by atoms with E-state index in [0.717, 1.165) is 32.3 Å². The van der Waals surface area contributed by atoms with E-state index in [0.29, 0.717) is 11.2 Å².